The summed E-state index contributed by atoms with van der Waals surface area (Å²) < 4.78 is 40.0. The van der Waals surface area contributed by atoms with E-state index in [1.165, 1.54) is 0 Å². The fourth-order valence-electron chi connectivity index (χ4n) is 2.37. The number of hydrogen-bond acceptors (Lipinski definition) is 1. The molecule has 0 aliphatic rings. The van der Waals surface area contributed by atoms with Gasteiger partial charge in [-0.15, -0.1) is 0 Å². The summed E-state index contributed by atoms with van der Waals surface area (Å²) in [5.74, 6) is 0.224. The van der Waals surface area contributed by atoms with E-state index in [2.05, 4.69) is 9.97 Å². The van der Waals surface area contributed by atoms with Crippen molar-refractivity contribution in [2.45, 2.75) is 19.6 Å². The number of aryl methyl sites for hydroxylation is 1. The Labute approximate surface area is 142 Å². The standard InChI is InChI=1S/C15H12F3N3.HI/c1-2-21-8-7-11(10-5-3-4-6-12(10)21)14-19-9-13(20-14)15(16,17)18;/h3-9H,2H2,1H3;1H. The van der Waals surface area contributed by atoms with E-state index in [0.717, 1.165) is 23.6 Å². The highest BCUT2D eigenvalue weighted by Crippen LogP contribution is 2.31. The Hall–Kier alpha value is -1.64. The summed E-state index contributed by atoms with van der Waals surface area (Å²) in [5, 5.41) is 0.866. The molecule has 0 radical (unpaired) electrons. The molecule has 116 valence electrons. The van der Waals surface area contributed by atoms with E-state index in [-0.39, 0.29) is 29.8 Å². The normalized spacial score (nSPS) is 11.5. The van der Waals surface area contributed by atoms with Crippen LogP contribution in [0.1, 0.15) is 12.6 Å². The average molecular weight is 419 g/mol. The predicted molar refractivity (Wildman–Crippen MR) is 72.4 cm³/mol. The number of H-pyrrole nitrogens is 1. The van der Waals surface area contributed by atoms with Crippen molar-refractivity contribution in [2.75, 3.05) is 0 Å². The smallest absolute Gasteiger partial charge is 0.434 e. The van der Waals surface area contributed by atoms with Crippen molar-refractivity contribution < 1.29 is 41.7 Å². The van der Waals surface area contributed by atoms with Crippen LogP contribution in [0.25, 0.3) is 22.3 Å². The molecule has 0 unspecified atom stereocenters. The number of nitrogens with one attached hydrogen (secondary N) is 1. The fourth-order valence-corrected chi connectivity index (χ4v) is 2.37. The van der Waals surface area contributed by atoms with Crippen molar-refractivity contribution in [3.63, 3.8) is 0 Å². The molecule has 0 fully saturated rings. The zero-order chi connectivity index (χ0) is 15.0. The Morgan fingerprint density at radius 2 is 1.91 bits per heavy atom. The van der Waals surface area contributed by atoms with Gasteiger partial charge in [-0.25, -0.2) is 4.98 Å². The summed E-state index contributed by atoms with van der Waals surface area (Å²) in [6.45, 7) is 2.80. The number of hydrogen-bond donors (Lipinski definition) is 1. The van der Waals surface area contributed by atoms with E-state index < -0.39 is 11.9 Å². The summed E-state index contributed by atoms with van der Waals surface area (Å²) in [7, 11) is 0. The third-order valence-electron chi connectivity index (χ3n) is 3.39. The fraction of sp³-hybridized carbons (Fsp3) is 0.200. The SMILES string of the molecule is CC[n+]1ccc(-c2nc(C(F)(F)F)c[nH]2)c2ccccc21.[I-]. The van der Waals surface area contributed by atoms with E-state index in [0.29, 0.717) is 5.56 Å². The zero-order valence-electron chi connectivity index (χ0n) is 11.7. The minimum absolute atomic E-state index is 0. The number of halogens is 4. The molecule has 1 N–H and O–H groups in total. The minimum Gasteiger partial charge on any atom is -1.00 e. The first-order valence-corrected chi connectivity index (χ1v) is 6.55. The van der Waals surface area contributed by atoms with Gasteiger partial charge >= 0.3 is 6.18 Å². The second kappa shape index (κ2) is 6.23. The first-order valence-electron chi connectivity index (χ1n) is 6.55. The number of benzene rings is 1. The molecule has 0 atom stereocenters. The number of para-hydroxylation sites is 1. The molecule has 22 heavy (non-hydrogen) atoms. The van der Waals surface area contributed by atoms with Crippen molar-refractivity contribution in [1.82, 2.24) is 9.97 Å². The van der Waals surface area contributed by atoms with Crippen LogP contribution in [-0.4, -0.2) is 9.97 Å². The van der Waals surface area contributed by atoms with Gasteiger partial charge in [0.05, 0.1) is 5.39 Å². The molecule has 7 heteroatoms. The molecule has 3 rings (SSSR count). The van der Waals surface area contributed by atoms with Gasteiger partial charge in [0.2, 0.25) is 5.52 Å². The summed E-state index contributed by atoms with van der Waals surface area (Å²) in [4.78, 5) is 6.29. The first kappa shape index (κ1) is 16.7. The number of aromatic amines is 1. The van der Waals surface area contributed by atoms with Gasteiger partial charge in [0.15, 0.2) is 11.9 Å². The van der Waals surface area contributed by atoms with E-state index in [1.54, 1.807) is 6.07 Å². The van der Waals surface area contributed by atoms with Crippen molar-refractivity contribution in [1.29, 1.82) is 0 Å². The largest absolute Gasteiger partial charge is 1.00 e. The second-order valence-electron chi connectivity index (χ2n) is 4.66. The van der Waals surface area contributed by atoms with Gasteiger partial charge in [-0.1, -0.05) is 12.1 Å². The van der Waals surface area contributed by atoms with E-state index in [9.17, 15) is 13.2 Å². The molecule has 0 bridgehead atoms. The van der Waals surface area contributed by atoms with Crippen molar-refractivity contribution in [2.24, 2.45) is 0 Å². The average Bonchev–Trinajstić information content (AvgIpc) is 2.96. The summed E-state index contributed by atoms with van der Waals surface area (Å²) in [5.41, 5.74) is 0.710. The van der Waals surface area contributed by atoms with Crippen molar-refractivity contribution in [3.05, 3.63) is 48.4 Å². The molecule has 3 nitrogen and oxygen atoms in total. The molecular formula is C15H13F3IN3. The highest BCUT2D eigenvalue weighted by Gasteiger charge is 2.34. The van der Waals surface area contributed by atoms with Gasteiger partial charge in [0.25, 0.3) is 0 Å². The third kappa shape index (κ3) is 2.94. The van der Waals surface area contributed by atoms with Gasteiger partial charge < -0.3 is 29.0 Å². The molecule has 0 spiro atoms. The molecular weight excluding hydrogens is 406 g/mol. The number of rotatable bonds is 2. The van der Waals surface area contributed by atoms with Crippen LogP contribution in [0.5, 0.6) is 0 Å². The lowest BCUT2D eigenvalue weighted by molar-refractivity contribution is -0.667. The van der Waals surface area contributed by atoms with Crippen LogP contribution in [0.3, 0.4) is 0 Å². The maximum atomic E-state index is 12.7. The quantitative estimate of drug-likeness (QED) is 0.478. The first-order chi connectivity index (χ1) is 10.0. The Morgan fingerprint density at radius 3 is 2.55 bits per heavy atom. The maximum absolute atomic E-state index is 12.7. The van der Waals surface area contributed by atoms with Crippen molar-refractivity contribution in [3.8, 4) is 11.4 Å². The molecule has 3 aromatic rings. The molecule has 2 aromatic heterocycles. The van der Waals surface area contributed by atoms with Gasteiger partial charge in [-0.3, -0.25) is 0 Å². The zero-order valence-corrected chi connectivity index (χ0v) is 13.8. The monoisotopic (exact) mass is 419 g/mol. The lowest BCUT2D eigenvalue weighted by Crippen LogP contribution is -3.00. The van der Waals surface area contributed by atoms with Gasteiger partial charge in [-0.2, -0.15) is 17.7 Å². The second-order valence-corrected chi connectivity index (χ2v) is 4.66. The molecule has 0 amide bonds. The van der Waals surface area contributed by atoms with Crippen LogP contribution in [0.4, 0.5) is 13.2 Å². The molecule has 1 aromatic carbocycles. The topological polar surface area (TPSA) is 32.6 Å². The van der Waals surface area contributed by atoms with Crippen LogP contribution in [0.15, 0.2) is 42.7 Å². The maximum Gasteiger partial charge on any atom is 0.434 e. The van der Waals surface area contributed by atoms with Crippen LogP contribution in [0, 0.1) is 0 Å². The minimum atomic E-state index is -4.44. The highest BCUT2D eigenvalue weighted by molar-refractivity contribution is 5.90. The van der Waals surface area contributed by atoms with Crippen LogP contribution in [-0.2, 0) is 12.7 Å². The highest BCUT2D eigenvalue weighted by atomic mass is 127. The van der Waals surface area contributed by atoms with Crippen LogP contribution in [0.2, 0.25) is 0 Å². The molecule has 0 aliphatic heterocycles. The van der Waals surface area contributed by atoms with Crippen LogP contribution < -0.4 is 28.5 Å². The Balaban J connectivity index is 0.00000176. The predicted octanol–water partition coefficient (Wildman–Crippen LogP) is 0.560. The van der Waals surface area contributed by atoms with E-state index >= 15 is 0 Å². The summed E-state index contributed by atoms with van der Waals surface area (Å²) >= 11 is 0. The van der Waals surface area contributed by atoms with Gasteiger partial charge in [-0.05, 0) is 13.0 Å². The van der Waals surface area contributed by atoms with Gasteiger partial charge in [0, 0.05) is 23.9 Å². The molecule has 0 saturated carbocycles. The number of imidazole rings is 1. The Morgan fingerprint density at radius 1 is 1.18 bits per heavy atom. The number of alkyl halides is 3. The van der Waals surface area contributed by atoms with Crippen LogP contribution >= 0.6 is 0 Å². The number of nitrogens with zero attached hydrogens (tertiary/aromatic N) is 2. The van der Waals surface area contributed by atoms with E-state index in [4.69, 9.17) is 0 Å². The number of pyridine rings is 1. The number of aromatic nitrogens is 3. The Bertz CT molecular complexity index is 796. The Kier molecular flexibility index (Phi) is 4.74. The number of fused-ring (bicyclic) bond motifs is 1. The molecule has 0 saturated heterocycles. The third-order valence-corrected chi connectivity index (χ3v) is 3.39. The van der Waals surface area contributed by atoms with E-state index in [1.807, 2.05) is 42.0 Å². The van der Waals surface area contributed by atoms with Gasteiger partial charge in [0.1, 0.15) is 12.4 Å². The van der Waals surface area contributed by atoms with Crippen molar-refractivity contribution >= 4 is 10.9 Å². The lowest BCUT2D eigenvalue weighted by Gasteiger charge is -2.04. The molecule has 0 aliphatic carbocycles. The summed E-state index contributed by atoms with van der Waals surface area (Å²) in [6, 6.07) is 9.37. The molecule has 2 heterocycles. The lowest BCUT2D eigenvalue weighted by atomic mass is 10.1. The summed E-state index contributed by atoms with van der Waals surface area (Å²) in [6.07, 6.45) is -1.69.